The Morgan fingerprint density at radius 1 is 1.00 bits per heavy atom. The van der Waals surface area contributed by atoms with Crippen LogP contribution in [0.15, 0.2) is 0 Å². The molecule has 0 radical (unpaired) electrons. The molecule has 4 heteroatoms. The number of hydrogen-bond acceptors (Lipinski definition) is 4. The van der Waals surface area contributed by atoms with Gasteiger partial charge in [0.15, 0.2) is 0 Å². The molecule has 1 heterocycles. The molecule has 19 heavy (non-hydrogen) atoms. The normalized spacial score (nSPS) is 10.8. The monoisotopic (exact) mass is 264 g/mol. The van der Waals surface area contributed by atoms with Crippen LogP contribution < -0.4 is 10.6 Å². The number of aryl methyl sites for hydroxylation is 1. The van der Waals surface area contributed by atoms with E-state index in [4.69, 9.17) is 0 Å². The zero-order chi connectivity index (χ0) is 14.3. The van der Waals surface area contributed by atoms with Gasteiger partial charge in [-0.25, -0.2) is 9.97 Å². The molecule has 0 aliphatic rings. The fourth-order valence-corrected chi connectivity index (χ4v) is 1.79. The zero-order valence-electron chi connectivity index (χ0n) is 13.0. The Hall–Kier alpha value is -1.32. The first-order chi connectivity index (χ1) is 9.08. The van der Waals surface area contributed by atoms with E-state index in [1.807, 2.05) is 0 Å². The quantitative estimate of drug-likeness (QED) is 0.753. The molecule has 2 N–H and O–H groups in total. The molecule has 0 aliphatic heterocycles. The summed E-state index contributed by atoms with van der Waals surface area (Å²) in [5, 5.41) is 6.84. The van der Waals surface area contributed by atoms with Crippen LogP contribution in [-0.4, -0.2) is 23.1 Å². The first kappa shape index (κ1) is 15.7. The topological polar surface area (TPSA) is 49.8 Å². The van der Waals surface area contributed by atoms with Crippen molar-refractivity contribution in [3.05, 3.63) is 11.4 Å². The minimum Gasteiger partial charge on any atom is -0.370 e. The molecule has 0 fully saturated rings. The number of nitrogens with zero attached hydrogens (tertiary/aromatic N) is 2. The molecule has 1 aromatic heterocycles. The van der Waals surface area contributed by atoms with E-state index in [-0.39, 0.29) is 0 Å². The number of aromatic nitrogens is 2. The number of anilines is 2. The van der Waals surface area contributed by atoms with Crippen molar-refractivity contribution in [1.82, 2.24) is 9.97 Å². The zero-order valence-corrected chi connectivity index (χ0v) is 13.0. The van der Waals surface area contributed by atoms with Crippen molar-refractivity contribution >= 4 is 11.6 Å². The molecule has 0 saturated heterocycles. The van der Waals surface area contributed by atoms with E-state index in [1.54, 1.807) is 0 Å². The molecular formula is C15H28N4. The van der Waals surface area contributed by atoms with Crippen LogP contribution in [0.3, 0.4) is 0 Å². The van der Waals surface area contributed by atoms with Crippen LogP contribution in [0.25, 0.3) is 0 Å². The Labute approximate surface area is 117 Å². The highest BCUT2D eigenvalue weighted by molar-refractivity contribution is 5.57. The predicted molar refractivity (Wildman–Crippen MR) is 82.9 cm³/mol. The van der Waals surface area contributed by atoms with Crippen LogP contribution in [0.4, 0.5) is 11.6 Å². The minimum absolute atomic E-state index is 0.607. The Morgan fingerprint density at radius 2 is 1.63 bits per heavy atom. The van der Waals surface area contributed by atoms with Gasteiger partial charge in [-0.05, 0) is 25.7 Å². The first-order valence-electron chi connectivity index (χ1n) is 7.43. The number of rotatable bonds is 8. The summed E-state index contributed by atoms with van der Waals surface area (Å²) in [7, 11) is 0. The largest absolute Gasteiger partial charge is 0.370 e. The highest BCUT2D eigenvalue weighted by Gasteiger charge is 2.10. The molecule has 0 atom stereocenters. The van der Waals surface area contributed by atoms with E-state index >= 15 is 0 Å². The first-order valence-corrected chi connectivity index (χ1v) is 7.43. The van der Waals surface area contributed by atoms with Crippen LogP contribution in [0.1, 0.15) is 51.9 Å². The molecule has 0 unspecified atom stereocenters. The van der Waals surface area contributed by atoms with E-state index in [0.717, 1.165) is 55.4 Å². The summed E-state index contributed by atoms with van der Waals surface area (Å²) in [6.45, 7) is 12.7. The van der Waals surface area contributed by atoms with E-state index in [0.29, 0.717) is 5.92 Å². The van der Waals surface area contributed by atoms with E-state index in [9.17, 15) is 0 Å². The summed E-state index contributed by atoms with van der Waals surface area (Å²) >= 11 is 0. The van der Waals surface area contributed by atoms with Crippen molar-refractivity contribution in [2.24, 2.45) is 5.92 Å². The standard InChI is InChI=1S/C15H28N4/c1-6-8-13-18-14(16-9-7-2)12(5)15(19-13)17-10-11(3)4/h11H,6-10H2,1-5H3,(H2,16,17,18,19). The molecule has 1 rings (SSSR count). The maximum Gasteiger partial charge on any atom is 0.134 e. The second-order valence-corrected chi connectivity index (χ2v) is 5.41. The molecule has 0 saturated carbocycles. The summed E-state index contributed by atoms with van der Waals surface area (Å²) in [6.07, 6.45) is 3.10. The van der Waals surface area contributed by atoms with Crippen molar-refractivity contribution in [3.8, 4) is 0 Å². The van der Waals surface area contributed by atoms with Gasteiger partial charge in [0.2, 0.25) is 0 Å². The number of nitrogens with one attached hydrogen (secondary N) is 2. The van der Waals surface area contributed by atoms with Crippen LogP contribution >= 0.6 is 0 Å². The second kappa shape index (κ2) is 7.97. The molecule has 1 aromatic rings. The van der Waals surface area contributed by atoms with Gasteiger partial charge in [-0.3, -0.25) is 0 Å². The number of hydrogen-bond donors (Lipinski definition) is 2. The third-order valence-corrected chi connectivity index (χ3v) is 2.89. The maximum absolute atomic E-state index is 4.64. The van der Waals surface area contributed by atoms with Gasteiger partial charge in [0.25, 0.3) is 0 Å². The molecular weight excluding hydrogens is 236 g/mol. The SMILES string of the molecule is CCCNc1nc(CCC)nc(NCC(C)C)c1C. The summed E-state index contributed by atoms with van der Waals surface area (Å²) in [5.74, 6) is 3.49. The molecule has 0 amide bonds. The van der Waals surface area contributed by atoms with Crippen LogP contribution in [0.2, 0.25) is 0 Å². The lowest BCUT2D eigenvalue weighted by atomic mass is 10.2. The Morgan fingerprint density at radius 3 is 2.16 bits per heavy atom. The fourth-order valence-electron chi connectivity index (χ4n) is 1.79. The Kier molecular flexibility index (Phi) is 6.60. The summed E-state index contributed by atoms with van der Waals surface area (Å²) in [6, 6.07) is 0. The van der Waals surface area contributed by atoms with Crippen molar-refractivity contribution in [1.29, 1.82) is 0 Å². The van der Waals surface area contributed by atoms with Gasteiger partial charge < -0.3 is 10.6 Å². The highest BCUT2D eigenvalue weighted by Crippen LogP contribution is 2.20. The second-order valence-electron chi connectivity index (χ2n) is 5.41. The smallest absolute Gasteiger partial charge is 0.134 e. The minimum atomic E-state index is 0.607. The van der Waals surface area contributed by atoms with Crippen LogP contribution in [0.5, 0.6) is 0 Å². The lowest BCUT2D eigenvalue weighted by Crippen LogP contribution is -2.14. The van der Waals surface area contributed by atoms with Crippen molar-refractivity contribution in [3.63, 3.8) is 0 Å². The van der Waals surface area contributed by atoms with Crippen molar-refractivity contribution in [2.75, 3.05) is 23.7 Å². The summed E-state index contributed by atoms with van der Waals surface area (Å²) < 4.78 is 0. The molecule has 108 valence electrons. The molecule has 0 spiro atoms. The van der Waals surface area contributed by atoms with Gasteiger partial charge in [-0.2, -0.15) is 0 Å². The fraction of sp³-hybridized carbons (Fsp3) is 0.733. The van der Waals surface area contributed by atoms with Gasteiger partial charge in [0.05, 0.1) is 0 Å². The predicted octanol–water partition coefficient (Wildman–Crippen LogP) is 3.63. The van der Waals surface area contributed by atoms with E-state index < -0.39 is 0 Å². The average molecular weight is 264 g/mol. The third-order valence-electron chi connectivity index (χ3n) is 2.89. The Bertz CT molecular complexity index is 388. The average Bonchev–Trinajstić information content (AvgIpc) is 2.37. The lowest BCUT2D eigenvalue weighted by Gasteiger charge is -2.15. The van der Waals surface area contributed by atoms with E-state index in [1.165, 1.54) is 0 Å². The van der Waals surface area contributed by atoms with Gasteiger partial charge in [0.1, 0.15) is 17.5 Å². The van der Waals surface area contributed by atoms with Crippen molar-refractivity contribution < 1.29 is 0 Å². The molecule has 4 nitrogen and oxygen atoms in total. The van der Waals surface area contributed by atoms with Crippen molar-refractivity contribution in [2.45, 2.75) is 53.9 Å². The molecule has 0 bridgehead atoms. The van der Waals surface area contributed by atoms with Gasteiger partial charge in [0, 0.05) is 25.1 Å². The van der Waals surface area contributed by atoms with E-state index in [2.05, 4.69) is 55.2 Å². The maximum atomic E-state index is 4.64. The van der Waals surface area contributed by atoms with Gasteiger partial charge >= 0.3 is 0 Å². The third kappa shape index (κ3) is 5.05. The lowest BCUT2D eigenvalue weighted by molar-refractivity contribution is 0.685. The van der Waals surface area contributed by atoms with Gasteiger partial charge in [-0.1, -0.05) is 27.7 Å². The molecule has 0 aliphatic carbocycles. The summed E-state index contributed by atoms with van der Waals surface area (Å²) in [5.41, 5.74) is 1.12. The summed E-state index contributed by atoms with van der Waals surface area (Å²) in [4.78, 5) is 9.27. The highest BCUT2D eigenvalue weighted by atomic mass is 15.1. The molecule has 0 aromatic carbocycles. The van der Waals surface area contributed by atoms with Crippen LogP contribution in [0, 0.1) is 12.8 Å². The van der Waals surface area contributed by atoms with Crippen LogP contribution in [-0.2, 0) is 6.42 Å². The van der Waals surface area contributed by atoms with Gasteiger partial charge in [-0.15, -0.1) is 0 Å². The Balaban J connectivity index is 2.94.